The Bertz CT molecular complexity index is 749. The number of methoxy groups -OCH3 is 1. The fraction of sp³-hybridized carbons (Fsp3) is 0.235. The molecule has 2 aromatic rings. The average molecular weight is 319 g/mol. The smallest absolute Gasteiger partial charge is 0.255 e. The summed E-state index contributed by atoms with van der Waals surface area (Å²) < 4.78 is 37.4. The van der Waals surface area contributed by atoms with E-state index in [0.717, 1.165) is 6.07 Å². The molecule has 1 amide bonds. The van der Waals surface area contributed by atoms with Crippen LogP contribution in [0.4, 0.5) is 8.78 Å². The Labute approximate surface area is 132 Å². The zero-order valence-electron chi connectivity index (χ0n) is 12.4. The van der Waals surface area contributed by atoms with Crippen LogP contribution in [0, 0.1) is 11.6 Å². The molecule has 1 N–H and O–H groups in total. The molecule has 0 aliphatic carbocycles. The third-order valence-corrected chi connectivity index (χ3v) is 3.66. The summed E-state index contributed by atoms with van der Waals surface area (Å²) in [7, 11) is 1.49. The van der Waals surface area contributed by atoms with E-state index >= 15 is 0 Å². The SMILES string of the molecule is COc1ccccc1C(=O)NCC1Cc2cc(F)cc(F)c2O1. The molecular formula is C17H15F2NO3. The van der Waals surface area contributed by atoms with Gasteiger partial charge in [-0.2, -0.15) is 0 Å². The van der Waals surface area contributed by atoms with Crippen LogP contribution in [-0.4, -0.2) is 25.7 Å². The largest absolute Gasteiger partial charge is 0.496 e. The number of carbonyl (C=O) groups excluding carboxylic acids is 1. The fourth-order valence-corrected chi connectivity index (χ4v) is 2.60. The Hall–Kier alpha value is -2.63. The average Bonchev–Trinajstić information content (AvgIpc) is 2.95. The number of amides is 1. The van der Waals surface area contributed by atoms with Crippen molar-refractivity contribution in [2.24, 2.45) is 0 Å². The molecule has 0 bridgehead atoms. The summed E-state index contributed by atoms with van der Waals surface area (Å²) in [5.74, 6) is -1.15. The number of para-hydroxylation sites is 1. The Morgan fingerprint density at radius 1 is 1.35 bits per heavy atom. The molecule has 0 radical (unpaired) electrons. The third-order valence-electron chi connectivity index (χ3n) is 3.66. The first-order chi connectivity index (χ1) is 11.1. The van der Waals surface area contributed by atoms with E-state index in [4.69, 9.17) is 9.47 Å². The lowest BCUT2D eigenvalue weighted by Gasteiger charge is -2.13. The minimum atomic E-state index is -0.724. The van der Waals surface area contributed by atoms with E-state index in [1.807, 2.05) is 0 Å². The van der Waals surface area contributed by atoms with Gasteiger partial charge in [-0.3, -0.25) is 4.79 Å². The van der Waals surface area contributed by atoms with E-state index in [-0.39, 0.29) is 18.2 Å². The van der Waals surface area contributed by atoms with Gasteiger partial charge in [0.15, 0.2) is 11.6 Å². The molecule has 1 heterocycles. The maximum absolute atomic E-state index is 13.6. The molecule has 120 valence electrons. The lowest BCUT2D eigenvalue weighted by atomic mass is 10.1. The number of ether oxygens (including phenoxy) is 2. The fourth-order valence-electron chi connectivity index (χ4n) is 2.60. The van der Waals surface area contributed by atoms with Crippen LogP contribution in [0.25, 0.3) is 0 Å². The van der Waals surface area contributed by atoms with Gasteiger partial charge >= 0.3 is 0 Å². The number of halogens is 2. The molecule has 0 aromatic heterocycles. The second-order valence-corrected chi connectivity index (χ2v) is 5.23. The van der Waals surface area contributed by atoms with E-state index in [2.05, 4.69) is 5.32 Å². The van der Waals surface area contributed by atoms with Crippen LogP contribution in [0.1, 0.15) is 15.9 Å². The highest BCUT2D eigenvalue weighted by Gasteiger charge is 2.27. The van der Waals surface area contributed by atoms with Gasteiger partial charge in [-0.25, -0.2) is 8.78 Å². The lowest BCUT2D eigenvalue weighted by molar-refractivity contribution is 0.0930. The van der Waals surface area contributed by atoms with Gasteiger partial charge in [0.1, 0.15) is 17.7 Å². The molecule has 6 heteroatoms. The number of rotatable bonds is 4. The molecule has 1 aliphatic heterocycles. The predicted octanol–water partition coefficient (Wildman–Crippen LogP) is 2.71. The maximum atomic E-state index is 13.6. The van der Waals surface area contributed by atoms with Crippen LogP contribution in [0.5, 0.6) is 11.5 Å². The molecule has 0 spiro atoms. The van der Waals surface area contributed by atoms with Crippen LogP contribution in [0.2, 0.25) is 0 Å². The quantitative estimate of drug-likeness (QED) is 0.942. The van der Waals surface area contributed by atoms with E-state index < -0.39 is 17.7 Å². The van der Waals surface area contributed by atoms with Crippen molar-refractivity contribution in [3.8, 4) is 11.5 Å². The van der Waals surface area contributed by atoms with Gasteiger partial charge in [-0.15, -0.1) is 0 Å². The molecule has 2 aromatic carbocycles. The summed E-state index contributed by atoms with van der Waals surface area (Å²) in [6, 6.07) is 8.87. The third kappa shape index (κ3) is 3.11. The first-order valence-electron chi connectivity index (χ1n) is 7.14. The number of carbonyl (C=O) groups is 1. The summed E-state index contributed by atoms with van der Waals surface area (Å²) in [6.45, 7) is 0.187. The van der Waals surface area contributed by atoms with Gasteiger partial charge in [0.05, 0.1) is 19.2 Å². The van der Waals surface area contributed by atoms with E-state index in [0.29, 0.717) is 23.3 Å². The van der Waals surface area contributed by atoms with Crippen LogP contribution in [0.3, 0.4) is 0 Å². The van der Waals surface area contributed by atoms with E-state index in [1.165, 1.54) is 13.2 Å². The number of fused-ring (bicyclic) bond motifs is 1. The van der Waals surface area contributed by atoms with Gasteiger partial charge in [0, 0.05) is 18.1 Å². The molecule has 1 aliphatic rings. The highest BCUT2D eigenvalue weighted by molar-refractivity contribution is 5.96. The van der Waals surface area contributed by atoms with Crippen molar-refractivity contribution < 1.29 is 23.0 Å². The topological polar surface area (TPSA) is 47.6 Å². The molecule has 0 fully saturated rings. The Morgan fingerprint density at radius 2 is 2.13 bits per heavy atom. The van der Waals surface area contributed by atoms with E-state index in [9.17, 15) is 13.6 Å². The summed E-state index contributed by atoms with van der Waals surface area (Å²) in [5.41, 5.74) is 0.877. The first-order valence-corrected chi connectivity index (χ1v) is 7.14. The predicted molar refractivity (Wildman–Crippen MR) is 79.8 cm³/mol. The molecule has 3 rings (SSSR count). The Morgan fingerprint density at radius 3 is 2.91 bits per heavy atom. The van der Waals surface area contributed by atoms with Crippen LogP contribution in [0.15, 0.2) is 36.4 Å². The number of hydrogen-bond donors (Lipinski definition) is 1. The second kappa shape index (κ2) is 6.24. The van der Waals surface area contributed by atoms with Crippen molar-refractivity contribution in [3.05, 3.63) is 59.2 Å². The summed E-state index contributed by atoms with van der Waals surface area (Å²) in [4.78, 5) is 12.2. The van der Waals surface area contributed by atoms with Crippen molar-refractivity contribution in [2.45, 2.75) is 12.5 Å². The molecule has 1 unspecified atom stereocenters. The highest BCUT2D eigenvalue weighted by Crippen LogP contribution is 2.32. The van der Waals surface area contributed by atoms with Crippen LogP contribution in [-0.2, 0) is 6.42 Å². The minimum absolute atomic E-state index is 0.0583. The van der Waals surface area contributed by atoms with Gasteiger partial charge in [-0.05, 0) is 18.2 Å². The number of benzene rings is 2. The standard InChI is InChI=1S/C17H15F2NO3/c1-22-15-5-3-2-4-13(15)17(21)20-9-12-7-10-6-11(18)8-14(19)16(10)23-12/h2-6,8,12H,7,9H2,1H3,(H,20,21). The first kappa shape index (κ1) is 15.3. The van der Waals surface area contributed by atoms with Gasteiger partial charge in [-0.1, -0.05) is 12.1 Å². The summed E-state index contributed by atoms with van der Waals surface area (Å²) in [5, 5.41) is 2.72. The van der Waals surface area contributed by atoms with Crippen molar-refractivity contribution in [3.63, 3.8) is 0 Å². The van der Waals surface area contributed by atoms with Crippen molar-refractivity contribution in [1.82, 2.24) is 5.32 Å². The molecule has 1 atom stereocenters. The molecule has 0 saturated carbocycles. The van der Waals surface area contributed by atoms with Gasteiger partial charge < -0.3 is 14.8 Å². The minimum Gasteiger partial charge on any atom is -0.496 e. The number of nitrogens with one attached hydrogen (secondary N) is 1. The van der Waals surface area contributed by atoms with Gasteiger partial charge in [0.2, 0.25) is 0 Å². The van der Waals surface area contributed by atoms with Crippen LogP contribution < -0.4 is 14.8 Å². The monoisotopic (exact) mass is 319 g/mol. The summed E-state index contributed by atoms with van der Waals surface area (Å²) in [6.07, 6.45) is -0.0871. The zero-order chi connectivity index (χ0) is 16.4. The van der Waals surface area contributed by atoms with Crippen molar-refractivity contribution in [2.75, 3.05) is 13.7 Å². The molecule has 23 heavy (non-hydrogen) atoms. The normalized spacial score (nSPS) is 15.7. The maximum Gasteiger partial charge on any atom is 0.255 e. The number of hydrogen-bond acceptors (Lipinski definition) is 3. The van der Waals surface area contributed by atoms with Gasteiger partial charge in [0.25, 0.3) is 5.91 Å². The Kier molecular flexibility index (Phi) is 4.14. The molecule has 4 nitrogen and oxygen atoms in total. The molecule has 0 saturated heterocycles. The zero-order valence-corrected chi connectivity index (χ0v) is 12.4. The Balaban J connectivity index is 1.64. The van der Waals surface area contributed by atoms with Crippen molar-refractivity contribution in [1.29, 1.82) is 0 Å². The second-order valence-electron chi connectivity index (χ2n) is 5.23. The van der Waals surface area contributed by atoms with Crippen LogP contribution >= 0.6 is 0 Å². The lowest BCUT2D eigenvalue weighted by Crippen LogP contribution is -2.34. The molecular weight excluding hydrogens is 304 g/mol. The summed E-state index contributed by atoms with van der Waals surface area (Å²) >= 11 is 0. The van der Waals surface area contributed by atoms with E-state index in [1.54, 1.807) is 24.3 Å². The highest BCUT2D eigenvalue weighted by atomic mass is 19.1. The van der Waals surface area contributed by atoms with Crippen molar-refractivity contribution >= 4 is 5.91 Å².